The van der Waals surface area contributed by atoms with Crippen LogP contribution in [-0.4, -0.2) is 64.7 Å². The summed E-state index contributed by atoms with van der Waals surface area (Å²) < 4.78 is 11.5. The number of amides is 1. The number of carbonyl (C=O) groups is 2. The molecule has 0 bridgehead atoms. The van der Waals surface area contributed by atoms with Crippen LogP contribution in [0.5, 0.6) is 0 Å². The first-order chi connectivity index (χ1) is 9.52. The number of hydrogen-bond acceptors (Lipinski definition) is 6. The Balaban J connectivity index is 4.51. The number of carboxylic acids is 1. The van der Waals surface area contributed by atoms with E-state index in [1.165, 1.54) is 13.3 Å². The topological polar surface area (TPSA) is 127 Å². The Morgan fingerprint density at radius 1 is 1.33 bits per heavy atom. The molecule has 1 amide bonds. The second-order valence-electron chi connectivity index (χ2n) is 5.47. The van der Waals surface area contributed by atoms with E-state index in [2.05, 4.69) is 5.32 Å². The average molecular weight is 324 g/mol. The second kappa shape index (κ2) is 8.48. The molecule has 0 saturated carbocycles. The Morgan fingerprint density at radius 2 is 1.86 bits per heavy atom. The van der Waals surface area contributed by atoms with E-state index in [9.17, 15) is 24.5 Å². The van der Waals surface area contributed by atoms with Crippen LogP contribution < -0.4 is 5.32 Å². The zero-order valence-electron chi connectivity index (χ0n) is 12.8. The zero-order valence-corrected chi connectivity index (χ0v) is 13.7. The fraction of sp³-hybridized carbons (Fsp3) is 0.833. The van der Waals surface area contributed by atoms with Crippen molar-refractivity contribution in [2.24, 2.45) is 11.8 Å². The standard InChI is InChI=1S/C12H25N2O6P/c1-5-8(2)10(12(17)18)11(16)14(19)7-13-6-9(15)21(3,4)20/h8-10,13,15,19H,5-7H2,1-4H3,(H,17,18). The Bertz CT molecular complexity index is 411. The van der Waals surface area contributed by atoms with E-state index >= 15 is 0 Å². The summed E-state index contributed by atoms with van der Waals surface area (Å²) in [5.41, 5.74) is 0. The lowest BCUT2D eigenvalue weighted by molar-refractivity contribution is -0.178. The molecule has 8 nitrogen and oxygen atoms in total. The van der Waals surface area contributed by atoms with Gasteiger partial charge in [0, 0.05) is 6.54 Å². The van der Waals surface area contributed by atoms with Gasteiger partial charge < -0.3 is 14.8 Å². The van der Waals surface area contributed by atoms with Crippen LogP contribution >= 0.6 is 7.14 Å². The predicted octanol–water partition coefficient (Wildman–Crippen LogP) is 0.439. The number of aliphatic hydroxyl groups is 1. The molecular weight excluding hydrogens is 299 g/mol. The number of nitrogens with one attached hydrogen (secondary N) is 1. The SMILES string of the molecule is CCC(C)C(C(=O)O)C(=O)N(O)CNCC(O)P(C)(C)=O. The predicted molar refractivity (Wildman–Crippen MR) is 77.5 cm³/mol. The second-order valence-corrected chi connectivity index (χ2v) is 8.93. The van der Waals surface area contributed by atoms with Crippen LogP contribution in [0.15, 0.2) is 0 Å². The summed E-state index contributed by atoms with van der Waals surface area (Å²) in [5, 5.41) is 31.1. The van der Waals surface area contributed by atoms with E-state index in [0.29, 0.717) is 6.42 Å². The van der Waals surface area contributed by atoms with E-state index in [-0.39, 0.29) is 18.3 Å². The molecule has 0 spiro atoms. The molecule has 4 N–H and O–H groups in total. The van der Waals surface area contributed by atoms with Gasteiger partial charge in [-0.15, -0.1) is 0 Å². The number of rotatable bonds is 9. The Morgan fingerprint density at radius 3 is 2.24 bits per heavy atom. The van der Waals surface area contributed by atoms with Crippen molar-refractivity contribution < 1.29 is 29.6 Å². The monoisotopic (exact) mass is 324 g/mol. The number of aliphatic hydroxyl groups excluding tert-OH is 1. The summed E-state index contributed by atoms with van der Waals surface area (Å²) in [5.74, 6) is -5.04. The summed E-state index contributed by atoms with van der Waals surface area (Å²) in [7, 11) is -2.68. The van der Waals surface area contributed by atoms with Gasteiger partial charge >= 0.3 is 5.97 Å². The molecule has 9 heteroatoms. The van der Waals surface area contributed by atoms with E-state index < -0.39 is 36.7 Å². The first kappa shape index (κ1) is 20.1. The van der Waals surface area contributed by atoms with E-state index in [0.717, 1.165) is 0 Å². The van der Waals surface area contributed by atoms with Gasteiger partial charge in [0.2, 0.25) is 0 Å². The van der Waals surface area contributed by atoms with Crippen molar-refractivity contribution in [3.63, 3.8) is 0 Å². The zero-order chi connectivity index (χ0) is 16.8. The molecule has 0 aromatic heterocycles. The number of nitrogens with zero attached hydrogens (tertiary/aromatic N) is 1. The van der Waals surface area contributed by atoms with Crippen molar-refractivity contribution in [2.45, 2.75) is 26.1 Å². The van der Waals surface area contributed by atoms with Crippen LogP contribution in [0, 0.1) is 11.8 Å². The van der Waals surface area contributed by atoms with Crippen LogP contribution in [0.1, 0.15) is 20.3 Å². The van der Waals surface area contributed by atoms with Gasteiger partial charge in [0.15, 0.2) is 0 Å². The molecule has 3 atom stereocenters. The normalized spacial score (nSPS) is 16.1. The largest absolute Gasteiger partial charge is 0.481 e. The summed E-state index contributed by atoms with van der Waals surface area (Å²) in [4.78, 5) is 23.0. The smallest absolute Gasteiger partial charge is 0.316 e. The molecule has 0 aliphatic rings. The number of aliphatic carboxylic acids is 1. The molecule has 3 unspecified atom stereocenters. The van der Waals surface area contributed by atoms with Crippen LogP contribution in [-0.2, 0) is 14.2 Å². The first-order valence-electron chi connectivity index (χ1n) is 6.68. The molecule has 0 fully saturated rings. The number of hydroxylamine groups is 2. The number of carboxylic acid groups (broad SMARTS) is 1. The summed E-state index contributed by atoms with van der Waals surface area (Å²) in [6, 6.07) is 0. The van der Waals surface area contributed by atoms with Crippen molar-refractivity contribution in [1.29, 1.82) is 0 Å². The number of hydrogen-bond donors (Lipinski definition) is 4. The highest BCUT2D eigenvalue weighted by atomic mass is 31.2. The Labute approximate surface area is 124 Å². The lowest BCUT2D eigenvalue weighted by atomic mass is 9.91. The molecule has 0 aliphatic heterocycles. The van der Waals surface area contributed by atoms with E-state index in [4.69, 9.17) is 5.11 Å². The maximum atomic E-state index is 11.9. The van der Waals surface area contributed by atoms with Crippen molar-refractivity contribution in [2.75, 3.05) is 26.5 Å². The summed E-state index contributed by atoms with van der Waals surface area (Å²) >= 11 is 0. The third-order valence-electron chi connectivity index (χ3n) is 3.31. The summed E-state index contributed by atoms with van der Waals surface area (Å²) in [6.45, 7) is 5.79. The molecular formula is C12H25N2O6P. The van der Waals surface area contributed by atoms with Gasteiger partial charge in [-0.3, -0.25) is 20.1 Å². The summed E-state index contributed by atoms with van der Waals surface area (Å²) in [6.07, 6.45) is 0.484. The van der Waals surface area contributed by atoms with Crippen molar-refractivity contribution >= 4 is 19.0 Å². The highest BCUT2D eigenvalue weighted by molar-refractivity contribution is 7.62. The highest BCUT2D eigenvalue weighted by Gasteiger charge is 2.34. The molecule has 0 heterocycles. The Kier molecular flexibility index (Phi) is 8.10. The molecule has 0 aliphatic carbocycles. The van der Waals surface area contributed by atoms with Gasteiger partial charge in [-0.1, -0.05) is 20.3 Å². The number of carbonyl (C=O) groups excluding carboxylic acids is 1. The third kappa shape index (κ3) is 6.56. The third-order valence-corrected chi connectivity index (χ3v) is 4.92. The van der Waals surface area contributed by atoms with Gasteiger partial charge in [0.25, 0.3) is 5.91 Å². The van der Waals surface area contributed by atoms with Crippen LogP contribution in [0.25, 0.3) is 0 Å². The van der Waals surface area contributed by atoms with Crippen molar-refractivity contribution in [1.82, 2.24) is 10.4 Å². The van der Waals surface area contributed by atoms with E-state index in [1.54, 1.807) is 13.8 Å². The fourth-order valence-electron chi connectivity index (χ4n) is 1.59. The molecule has 0 rings (SSSR count). The van der Waals surface area contributed by atoms with Gasteiger partial charge in [-0.2, -0.15) is 0 Å². The molecule has 0 radical (unpaired) electrons. The molecule has 0 aromatic carbocycles. The lowest BCUT2D eigenvalue weighted by Gasteiger charge is -2.24. The lowest BCUT2D eigenvalue weighted by Crippen LogP contribution is -2.45. The molecule has 0 saturated heterocycles. The maximum absolute atomic E-state index is 11.9. The van der Waals surface area contributed by atoms with Crippen LogP contribution in [0.3, 0.4) is 0 Å². The molecule has 124 valence electrons. The fourth-order valence-corrected chi connectivity index (χ4v) is 2.15. The molecule has 0 aromatic rings. The van der Waals surface area contributed by atoms with Gasteiger partial charge in [-0.05, 0) is 19.2 Å². The minimum absolute atomic E-state index is 0.0737. The minimum atomic E-state index is -2.68. The van der Waals surface area contributed by atoms with Crippen molar-refractivity contribution in [3.8, 4) is 0 Å². The van der Waals surface area contributed by atoms with Crippen molar-refractivity contribution in [3.05, 3.63) is 0 Å². The van der Waals surface area contributed by atoms with Gasteiger partial charge in [0.05, 0.1) is 6.67 Å². The first-order valence-corrected chi connectivity index (χ1v) is 9.35. The van der Waals surface area contributed by atoms with Gasteiger partial charge in [-0.25, -0.2) is 5.06 Å². The highest BCUT2D eigenvalue weighted by Crippen LogP contribution is 2.40. The minimum Gasteiger partial charge on any atom is -0.481 e. The maximum Gasteiger partial charge on any atom is 0.316 e. The van der Waals surface area contributed by atoms with Crippen LogP contribution in [0.2, 0.25) is 0 Å². The van der Waals surface area contributed by atoms with Crippen LogP contribution in [0.4, 0.5) is 0 Å². The average Bonchev–Trinajstić information content (AvgIpc) is 2.36. The molecule has 21 heavy (non-hydrogen) atoms. The van der Waals surface area contributed by atoms with Gasteiger partial charge in [0.1, 0.15) is 18.9 Å². The quantitative estimate of drug-likeness (QED) is 0.159. The van der Waals surface area contributed by atoms with E-state index in [1.807, 2.05) is 0 Å². The Hall–Kier alpha value is -0.950.